The summed E-state index contributed by atoms with van der Waals surface area (Å²) in [5, 5.41) is 0. The first-order valence-corrected chi connectivity index (χ1v) is 17.5. The van der Waals surface area contributed by atoms with Gasteiger partial charge in [0.25, 0.3) is 0 Å². The number of benzene rings is 4. The number of hydrogen-bond acceptors (Lipinski definition) is 0. The third kappa shape index (κ3) is 6.40. The van der Waals surface area contributed by atoms with Crippen LogP contribution in [0.5, 0.6) is 0 Å². The molecule has 2 aliphatic carbocycles. The summed E-state index contributed by atoms with van der Waals surface area (Å²) in [6.07, 6.45) is 14.0. The Bertz CT molecular complexity index is 1320. The fourth-order valence-corrected chi connectivity index (χ4v) is 7.76. The van der Waals surface area contributed by atoms with Gasteiger partial charge in [-0.1, -0.05) is 184 Å². The van der Waals surface area contributed by atoms with E-state index in [1.165, 1.54) is 92.9 Å². The highest BCUT2D eigenvalue weighted by Crippen LogP contribution is 2.54. The first kappa shape index (κ1) is 32.8. The van der Waals surface area contributed by atoms with E-state index in [0.717, 1.165) is 0 Å². The van der Waals surface area contributed by atoms with Crippen LogP contribution in [0.1, 0.15) is 134 Å². The van der Waals surface area contributed by atoms with Crippen molar-refractivity contribution in [1.82, 2.24) is 0 Å². The second-order valence-corrected chi connectivity index (χ2v) is 12.7. The van der Waals surface area contributed by atoms with Gasteiger partial charge in [0.1, 0.15) is 0 Å². The van der Waals surface area contributed by atoms with Gasteiger partial charge in [-0.3, -0.25) is 0 Å². The van der Waals surface area contributed by atoms with Crippen molar-refractivity contribution >= 4 is 0 Å². The van der Waals surface area contributed by atoms with E-state index in [2.05, 4.69) is 139 Å². The van der Waals surface area contributed by atoms with Crippen molar-refractivity contribution in [3.8, 4) is 22.3 Å². The minimum atomic E-state index is 0.253. The van der Waals surface area contributed by atoms with Gasteiger partial charge in [-0.2, -0.15) is 0 Å². The molecule has 4 aromatic carbocycles. The molecule has 0 radical (unpaired) electrons. The second-order valence-electron chi connectivity index (χ2n) is 12.7. The Kier molecular flexibility index (Phi) is 11.9. The second kappa shape index (κ2) is 15.6. The van der Waals surface area contributed by atoms with Crippen LogP contribution < -0.4 is 0 Å². The predicted molar refractivity (Wildman–Crippen MR) is 190 cm³/mol. The third-order valence-corrected chi connectivity index (χ3v) is 9.83. The minimum absolute atomic E-state index is 0.253. The molecule has 0 spiro atoms. The van der Waals surface area contributed by atoms with Crippen molar-refractivity contribution in [2.45, 2.75) is 123 Å². The Hall–Kier alpha value is -3.12. The van der Waals surface area contributed by atoms with Gasteiger partial charge in [0.05, 0.1) is 0 Å². The number of unbranched alkanes of at least 4 members (excludes halogenated alkanes) is 3. The van der Waals surface area contributed by atoms with Gasteiger partial charge in [-0.25, -0.2) is 0 Å². The van der Waals surface area contributed by atoms with E-state index in [4.69, 9.17) is 0 Å². The van der Waals surface area contributed by atoms with Crippen molar-refractivity contribution < 1.29 is 0 Å². The third-order valence-electron chi connectivity index (χ3n) is 9.83. The van der Waals surface area contributed by atoms with Gasteiger partial charge in [0.15, 0.2) is 0 Å². The van der Waals surface area contributed by atoms with Gasteiger partial charge in [0.2, 0.25) is 0 Å². The maximum absolute atomic E-state index is 2.38. The summed E-state index contributed by atoms with van der Waals surface area (Å²) in [7, 11) is 0. The van der Waals surface area contributed by atoms with E-state index in [1.54, 1.807) is 22.3 Å². The summed E-state index contributed by atoms with van der Waals surface area (Å²) >= 11 is 0. The first-order valence-electron chi connectivity index (χ1n) is 17.5. The summed E-state index contributed by atoms with van der Waals surface area (Å²) in [4.78, 5) is 0. The molecule has 0 aromatic heterocycles. The Labute approximate surface area is 264 Å². The molecule has 2 aliphatic rings. The van der Waals surface area contributed by atoms with Crippen LogP contribution in [0.2, 0.25) is 0 Å². The van der Waals surface area contributed by atoms with Crippen LogP contribution in [0.25, 0.3) is 22.3 Å². The van der Waals surface area contributed by atoms with Crippen molar-refractivity contribution in [2.75, 3.05) is 0 Å². The largest absolute Gasteiger partial charge is 0.0656 e. The van der Waals surface area contributed by atoms with E-state index in [1.807, 2.05) is 0 Å². The summed E-state index contributed by atoms with van der Waals surface area (Å²) in [5.74, 6) is 0. The Balaban J connectivity index is 0.000000181. The normalized spacial score (nSPS) is 14.3. The summed E-state index contributed by atoms with van der Waals surface area (Å²) < 4.78 is 0. The van der Waals surface area contributed by atoms with E-state index in [9.17, 15) is 0 Å². The molecule has 0 nitrogen and oxygen atoms in total. The number of rotatable bonds is 10. The first-order chi connectivity index (χ1) is 21.1. The van der Waals surface area contributed by atoms with Crippen LogP contribution in [0.4, 0.5) is 0 Å². The molecule has 0 heteroatoms. The fourth-order valence-electron chi connectivity index (χ4n) is 7.76. The van der Waals surface area contributed by atoms with E-state index in [-0.39, 0.29) is 10.8 Å². The summed E-state index contributed by atoms with van der Waals surface area (Å²) in [5.41, 5.74) is 12.6. The van der Waals surface area contributed by atoms with Gasteiger partial charge in [0, 0.05) is 10.8 Å². The quantitative estimate of drug-likeness (QED) is 0.177. The zero-order valence-corrected chi connectivity index (χ0v) is 28.0. The van der Waals surface area contributed by atoms with Crippen LogP contribution in [0.15, 0.2) is 97.1 Å². The molecule has 6 rings (SSSR count). The zero-order chi connectivity index (χ0) is 30.7. The molecule has 0 saturated carbocycles. The lowest BCUT2D eigenvalue weighted by molar-refractivity contribution is 0.414. The van der Waals surface area contributed by atoms with E-state index >= 15 is 0 Å². The lowest BCUT2D eigenvalue weighted by Gasteiger charge is -2.32. The van der Waals surface area contributed by atoms with Gasteiger partial charge in [-0.15, -0.1) is 0 Å². The van der Waals surface area contributed by atoms with Crippen LogP contribution in [-0.4, -0.2) is 0 Å². The predicted octanol–water partition coefficient (Wildman–Crippen LogP) is 13.3. The minimum Gasteiger partial charge on any atom is -0.0656 e. The van der Waals surface area contributed by atoms with E-state index < -0.39 is 0 Å². The lowest BCUT2D eigenvalue weighted by atomic mass is 9.71. The molecule has 0 N–H and O–H groups in total. The standard InChI is InChI=1S/C21H26.C19H22.C3H8/c1-3-5-15-21(16-6-4-2)19-13-9-7-11-17(19)18-12-8-10-14-20(18)21;1-3-5-14-19(4-2)17-12-8-6-10-15(17)16-11-7-9-13-18(16)19;1-3-2/h7-14H,3-6,15-16H2,1-2H3;6-13H,3-5,14H2,1-2H3;3H2,1-2H3. The topological polar surface area (TPSA) is 0 Å². The van der Waals surface area contributed by atoms with Crippen molar-refractivity contribution in [1.29, 1.82) is 0 Å². The molecule has 4 aromatic rings. The monoisotopic (exact) mass is 572 g/mol. The Morgan fingerprint density at radius 1 is 0.372 bits per heavy atom. The van der Waals surface area contributed by atoms with Gasteiger partial charge < -0.3 is 0 Å². The van der Waals surface area contributed by atoms with Crippen molar-refractivity contribution in [3.63, 3.8) is 0 Å². The molecule has 0 heterocycles. The van der Waals surface area contributed by atoms with Gasteiger partial charge in [-0.05, 0) is 70.2 Å². The smallest absolute Gasteiger partial charge is 0.0215 e. The molecular formula is C43H56. The van der Waals surface area contributed by atoms with Crippen LogP contribution in [-0.2, 0) is 10.8 Å². The van der Waals surface area contributed by atoms with E-state index in [0.29, 0.717) is 0 Å². The van der Waals surface area contributed by atoms with Crippen molar-refractivity contribution in [3.05, 3.63) is 119 Å². The highest BCUT2D eigenvalue weighted by Gasteiger charge is 2.42. The molecule has 43 heavy (non-hydrogen) atoms. The zero-order valence-electron chi connectivity index (χ0n) is 28.0. The summed E-state index contributed by atoms with van der Waals surface area (Å²) in [6, 6.07) is 36.2. The molecule has 0 fully saturated rings. The van der Waals surface area contributed by atoms with Crippen LogP contribution >= 0.6 is 0 Å². The molecular weight excluding hydrogens is 516 g/mol. The highest BCUT2D eigenvalue weighted by molar-refractivity contribution is 5.82. The Morgan fingerprint density at radius 2 is 0.628 bits per heavy atom. The number of fused-ring (bicyclic) bond motifs is 6. The average molecular weight is 573 g/mol. The molecule has 0 atom stereocenters. The molecule has 228 valence electrons. The number of hydrogen-bond donors (Lipinski definition) is 0. The van der Waals surface area contributed by atoms with Crippen LogP contribution in [0.3, 0.4) is 0 Å². The molecule has 0 aliphatic heterocycles. The van der Waals surface area contributed by atoms with Crippen LogP contribution in [0, 0.1) is 0 Å². The van der Waals surface area contributed by atoms with Crippen molar-refractivity contribution in [2.24, 2.45) is 0 Å². The molecule has 0 amide bonds. The summed E-state index contributed by atoms with van der Waals surface area (Å²) in [6.45, 7) is 13.5. The maximum Gasteiger partial charge on any atom is 0.0215 e. The molecule has 0 bridgehead atoms. The maximum atomic E-state index is 2.38. The fraction of sp³-hybridized carbons (Fsp3) is 0.442. The molecule has 0 saturated heterocycles. The van der Waals surface area contributed by atoms with Gasteiger partial charge >= 0.3 is 0 Å². The highest BCUT2D eigenvalue weighted by atomic mass is 14.4. The molecule has 0 unspecified atom stereocenters. The Morgan fingerprint density at radius 3 is 0.907 bits per heavy atom. The SMILES string of the molecule is CCC.CCCCC1(CC)c2ccccc2-c2ccccc21.CCCCC1(CCCC)c2ccccc2-c2ccccc21. The lowest BCUT2D eigenvalue weighted by Crippen LogP contribution is -2.25. The average Bonchev–Trinajstić information content (AvgIpc) is 3.50.